The van der Waals surface area contributed by atoms with Crippen molar-refractivity contribution in [2.24, 2.45) is 0 Å². The molecule has 0 aliphatic carbocycles. The Kier molecular flexibility index (Phi) is 12.3. The Morgan fingerprint density at radius 2 is 1.72 bits per heavy atom. The number of nitrogens with one attached hydrogen (secondary N) is 2. The summed E-state index contributed by atoms with van der Waals surface area (Å²) in [7, 11) is 0. The van der Waals surface area contributed by atoms with Gasteiger partial charge in [0.15, 0.2) is 0 Å². The lowest BCUT2D eigenvalue weighted by atomic mass is 9.94. The summed E-state index contributed by atoms with van der Waals surface area (Å²) in [4.78, 5) is 42.2. The number of amides is 3. The zero-order valence-corrected chi connectivity index (χ0v) is 24.7. The van der Waals surface area contributed by atoms with E-state index < -0.39 is 29.3 Å². The molecular formula is C28H47N3O4S. The average Bonchev–Trinajstić information content (AvgIpc) is 2.73. The van der Waals surface area contributed by atoms with Crippen LogP contribution >= 0.6 is 11.8 Å². The van der Waals surface area contributed by atoms with Gasteiger partial charge in [0.05, 0.1) is 0 Å². The van der Waals surface area contributed by atoms with Gasteiger partial charge in [0, 0.05) is 12.1 Å². The molecule has 2 N–H and O–H groups in total. The van der Waals surface area contributed by atoms with Crippen LogP contribution in [0.15, 0.2) is 18.2 Å². The Labute approximate surface area is 222 Å². The lowest BCUT2D eigenvalue weighted by Gasteiger charge is -2.36. The molecule has 1 rings (SSSR count). The van der Waals surface area contributed by atoms with Crippen molar-refractivity contribution in [2.75, 3.05) is 18.6 Å². The highest BCUT2D eigenvalue weighted by Crippen LogP contribution is 2.29. The Hall–Kier alpha value is -2.22. The van der Waals surface area contributed by atoms with Crippen molar-refractivity contribution in [3.05, 3.63) is 34.9 Å². The second-order valence-corrected chi connectivity index (χ2v) is 12.3. The summed E-state index contributed by atoms with van der Waals surface area (Å²) in [6, 6.07) is 4.21. The summed E-state index contributed by atoms with van der Waals surface area (Å²) in [6.07, 6.45) is 3.35. The SMILES string of the molecule is CCCCN(C(=O)C(CCSC)NC(=O)OC(C)(C)C)C(C(=O)NC(C)(C)C)c1cccc(C)c1C. The van der Waals surface area contributed by atoms with Crippen molar-refractivity contribution < 1.29 is 19.1 Å². The number of benzene rings is 1. The predicted octanol–water partition coefficient (Wildman–Crippen LogP) is 5.53. The summed E-state index contributed by atoms with van der Waals surface area (Å²) in [5, 5.41) is 5.87. The molecule has 0 aliphatic heterocycles. The van der Waals surface area contributed by atoms with Crippen LogP contribution < -0.4 is 10.6 Å². The minimum absolute atomic E-state index is 0.235. The minimum Gasteiger partial charge on any atom is -0.444 e. The van der Waals surface area contributed by atoms with E-state index in [1.807, 2.05) is 59.1 Å². The van der Waals surface area contributed by atoms with Gasteiger partial charge in [-0.15, -0.1) is 0 Å². The number of thioether (sulfide) groups is 1. The predicted molar refractivity (Wildman–Crippen MR) is 149 cm³/mol. The molecule has 2 atom stereocenters. The fraction of sp³-hybridized carbons (Fsp3) is 0.679. The molecule has 204 valence electrons. The number of hydrogen-bond donors (Lipinski definition) is 2. The first-order valence-corrected chi connectivity index (χ1v) is 14.2. The van der Waals surface area contributed by atoms with Gasteiger partial charge >= 0.3 is 6.09 Å². The first-order chi connectivity index (χ1) is 16.6. The highest BCUT2D eigenvalue weighted by atomic mass is 32.2. The van der Waals surface area contributed by atoms with E-state index in [1.165, 1.54) is 0 Å². The molecule has 7 nitrogen and oxygen atoms in total. The average molecular weight is 522 g/mol. The van der Waals surface area contributed by atoms with Crippen LogP contribution in [0.25, 0.3) is 0 Å². The number of alkyl carbamates (subject to hydrolysis) is 1. The highest BCUT2D eigenvalue weighted by Gasteiger charge is 2.37. The smallest absolute Gasteiger partial charge is 0.408 e. The number of ether oxygens (including phenoxy) is 1. The van der Waals surface area contributed by atoms with E-state index in [9.17, 15) is 14.4 Å². The van der Waals surface area contributed by atoms with Crippen molar-refractivity contribution in [1.29, 1.82) is 0 Å². The fourth-order valence-electron chi connectivity index (χ4n) is 3.80. The topological polar surface area (TPSA) is 87.7 Å². The van der Waals surface area contributed by atoms with Crippen molar-refractivity contribution in [3.63, 3.8) is 0 Å². The number of nitrogens with zero attached hydrogens (tertiary/aromatic N) is 1. The molecule has 1 aromatic carbocycles. The Morgan fingerprint density at radius 3 is 2.25 bits per heavy atom. The Balaban J connectivity index is 3.56. The van der Waals surface area contributed by atoms with E-state index in [1.54, 1.807) is 37.4 Å². The standard InChI is InChI=1S/C28H47N3O4S/c1-11-12-17-31(25(33)22(16-18-36-10)29-26(34)35-28(7,8)9)23(24(32)30-27(4,5)6)21-15-13-14-19(2)20(21)3/h13-15,22-23H,11-12,16-18H2,1-10H3,(H,29,34)(H,30,32). The van der Waals surface area contributed by atoms with Crippen LogP contribution in [-0.2, 0) is 14.3 Å². The molecule has 0 fully saturated rings. The van der Waals surface area contributed by atoms with E-state index in [-0.39, 0.29) is 11.8 Å². The van der Waals surface area contributed by atoms with Gasteiger partial charge in [0.1, 0.15) is 17.7 Å². The highest BCUT2D eigenvalue weighted by molar-refractivity contribution is 7.98. The largest absolute Gasteiger partial charge is 0.444 e. The maximum atomic E-state index is 14.1. The number of hydrogen-bond acceptors (Lipinski definition) is 5. The van der Waals surface area contributed by atoms with Crippen molar-refractivity contribution in [2.45, 2.75) is 105 Å². The van der Waals surface area contributed by atoms with Crippen molar-refractivity contribution in [3.8, 4) is 0 Å². The molecule has 8 heteroatoms. The van der Waals surface area contributed by atoms with Crippen molar-refractivity contribution in [1.82, 2.24) is 15.5 Å². The van der Waals surface area contributed by atoms with Gasteiger partial charge in [0.2, 0.25) is 11.8 Å². The summed E-state index contributed by atoms with van der Waals surface area (Å²) >= 11 is 1.60. The number of aryl methyl sites for hydroxylation is 1. The Bertz CT molecular complexity index is 890. The molecule has 0 spiro atoms. The number of carbonyl (C=O) groups is 3. The molecule has 0 aliphatic rings. The van der Waals surface area contributed by atoms with Gasteiger partial charge in [-0.1, -0.05) is 31.5 Å². The number of rotatable bonds is 11. The summed E-state index contributed by atoms with van der Waals surface area (Å²) in [5.41, 5.74) is 1.66. The van der Waals surface area contributed by atoms with E-state index in [4.69, 9.17) is 4.74 Å². The summed E-state index contributed by atoms with van der Waals surface area (Å²) < 4.78 is 5.45. The number of unbranched alkanes of at least 4 members (excludes halogenated alkanes) is 1. The molecular weight excluding hydrogens is 474 g/mol. The molecule has 0 aromatic heterocycles. The fourth-order valence-corrected chi connectivity index (χ4v) is 4.27. The second kappa shape index (κ2) is 13.9. The van der Waals surface area contributed by atoms with E-state index in [2.05, 4.69) is 17.6 Å². The quantitative estimate of drug-likeness (QED) is 0.400. The summed E-state index contributed by atoms with van der Waals surface area (Å²) in [6.45, 7) is 17.6. The number of carbonyl (C=O) groups excluding carboxylic acids is 3. The zero-order chi connectivity index (χ0) is 27.7. The minimum atomic E-state index is -0.819. The molecule has 0 bridgehead atoms. The third-order valence-electron chi connectivity index (χ3n) is 5.63. The maximum Gasteiger partial charge on any atom is 0.408 e. The molecule has 0 radical (unpaired) electrons. The molecule has 0 saturated heterocycles. The van der Waals surface area contributed by atoms with Gasteiger partial charge in [0.25, 0.3) is 0 Å². The van der Waals surface area contributed by atoms with E-state index in [0.29, 0.717) is 18.7 Å². The third-order valence-corrected chi connectivity index (χ3v) is 6.28. The van der Waals surface area contributed by atoms with E-state index in [0.717, 1.165) is 29.5 Å². The van der Waals surface area contributed by atoms with Gasteiger partial charge < -0.3 is 20.3 Å². The lowest BCUT2D eigenvalue weighted by Crippen LogP contribution is -2.55. The molecule has 0 heterocycles. The molecule has 3 amide bonds. The van der Waals surface area contributed by atoms with Crippen LogP contribution in [0.5, 0.6) is 0 Å². The van der Waals surface area contributed by atoms with Gasteiger partial charge in [-0.3, -0.25) is 9.59 Å². The first-order valence-electron chi connectivity index (χ1n) is 12.8. The zero-order valence-electron chi connectivity index (χ0n) is 23.9. The summed E-state index contributed by atoms with van der Waals surface area (Å²) in [5.74, 6) is 0.163. The molecule has 1 aromatic rings. The molecule has 2 unspecified atom stereocenters. The molecule has 0 saturated carbocycles. The first kappa shape index (κ1) is 31.8. The van der Waals surface area contributed by atoms with Crippen LogP contribution in [0.3, 0.4) is 0 Å². The van der Waals surface area contributed by atoms with Crippen LogP contribution in [0.2, 0.25) is 0 Å². The normalized spacial score (nSPS) is 13.5. The van der Waals surface area contributed by atoms with Crippen LogP contribution in [0.4, 0.5) is 4.79 Å². The van der Waals surface area contributed by atoms with Gasteiger partial charge in [-0.25, -0.2) is 4.79 Å². The van der Waals surface area contributed by atoms with Gasteiger partial charge in [-0.2, -0.15) is 11.8 Å². The third kappa shape index (κ3) is 10.4. The second-order valence-electron chi connectivity index (χ2n) is 11.3. The van der Waals surface area contributed by atoms with Gasteiger partial charge in [-0.05, 0) is 96.9 Å². The van der Waals surface area contributed by atoms with Crippen LogP contribution in [0, 0.1) is 13.8 Å². The Morgan fingerprint density at radius 1 is 1.08 bits per heavy atom. The van der Waals surface area contributed by atoms with Crippen LogP contribution in [0.1, 0.15) is 90.5 Å². The van der Waals surface area contributed by atoms with E-state index >= 15 is 0 Å². The lowest BCUT2D eigenvalue weighted by molar-refractivity contribution is -0.143. The monoisotopic (exact) mass is 521 g/mol. The van der Waals surface area contributed by atoms with Crippen LogP contribution in [-0.4, -0.2) is 58.5 Å². The molecule has 36 heavy (non-hydrogen) atoms. The van der Waals surface area contributed by atoms with Crippen molar-refractivity contribution >= 4 is 29.7 Å². The maximum absolute atomic E-state index is 14.1.